The maximum Gasteiger partial charge on any atom is 0.416 e. The van der Waals surface area contributed by atoms with Crippen LogP contribution in [-0.4, -0.2) is 38.9 Å². The molecule has 0 bridgehead atoms. The molecule has 1 heterocycles. The van der Waals surface area contributed by atoms with Crippen LogP contribution in [0.4, 0.5) is 24.5 Å². The average Bonchev–Trinajstić information content (AvgIpc) is 3.22. The summed E-state index contributed by atoms with van der Waals surface area (Å²) in [7, 11) is -3.69. The fourth-order valence-electron chi connectivity index (χ4n) is 3.65. The number of carbonyl (C=O) groups is 1. The van der Waals surface area contributed by atoms with Gasteiger partial charge >= 0.3 is 6.18 Å². The molecule has 0 atom stereocenters. The SMILES string of the molecule is O=C(CS(=O)(=O)CCCc1ccccc1)Nc1cc(C(F)(F)F)ccc1N1CCCC1. The molecule has 9 heteroatoms. The minimum atomic E-state index is -4.56. The first-order chi connectivity index (χ1) is 14.6. The Kier molecular flexibility index (Phi) is 7.25. The smallest absolute Gasteiger partial charge is 0.370 e. The predicted molar refractivity (Wildman–Crippen MR) is 115 cm³/mol. The van der Waals surface area contributed by atoms with Gasteiger partial charge in [0.1, 0.15) is 5.75 Å². The first-order valence-electron chi connectivity index (χ1n) is 10.1. The van der Waals surface area contributed by atoms with Crippen LogP contribution in [0.2, 0.25) is 0 Å². The van der Waals surface area contributed by atoms with Crippen LogP contribution in [0.5, 0.6) is 0 Å². The molecule has 3 rings (SSSR count). The molecule has 0 aromatic heterocycles. The number of rotatable bonds is 8. The summed E-state index contributed by atoms with van der Waals surface area (Å²) in [5.41, 5.74) is 0.569. The van der Waals surface area contributed by atoms with E-state index in [1.807, 2.05) is 35.2 Å². The average molecular weight is 455 g/mol. The Labute approximate surface area is 180 Å². The van der Waals surface area contributed by atoms with Gasteiger partial charge in [0.15, 0.2) is 9.84 Å². The van der Waals surface area contributed by atoms with Gasteiger partial charge in [-0.2, -0.15) is 13.2 Å². The van der Waals surface area contributed by atoms with Crippen molar-refractivity contribution in [1.82, 2.24) is 0 Å². The molecular weight excluding hydrogens is 429 g/mol. The van der Waals surface area contributed by atoms with Crippen LogP contribution >= 0.6 is 0 Å². The predicted octanol–water partition coefficient (Wildman–Crippen LogP) is 4.29. The molecule has 168 valence electrons. The maximum absolute atomic E-state index is 13.1. The quantitative estimate of drug-likeness (QED) is 0.646. The molecule has 1 amide bonds. The number of hydrogen-bond acceptors (Lipinski definition) is 4. The zero-order chi connectivity index (χ0) is 22.5. The Balaban J connectivity index is 1.66. The molecule has 1 fully saturated rings. The molecule has 1 aliphatic heterocycles. The number of hydrogen-bond donors (Lipinski definition) is 1. The Bertz CT molecular complexity index is 1000. The van der Waals surface area contributed by atoms with Crippen molar-refractivity contribution in [2.45, 2.75) is 31.9 Å². The first-order valence-corrected chi connectivity index (χ1v) is 12.0. The lowest BCUT2D eigenvalue weighted by molar-refractivity contribution is -0.137. The van der Waals surface area contributed by atoms with Crippen LogP contribution in [-0.2, 0) is 27.2 Å². The van der Waals surface area contributed by atoms with E-state index in [4.69, 9.17) is 0 Å². The van der Waals surface area contributed by atoms with Crippen molar-refractivity contribution in [1.29, 1.82) is 0 Å². The van der Waals surface area contributed by atoms with Crippen LogP contribution in [0.15, 0.2) is 48.5 Å². The molecule has 0 unspecified atom stereocenters. The number of amides is 1. The van der Waals surface area contributed by atoms with Crippen LogP contribution < -0.4 is 10.2 Å². The lowest BCUT2D eigenvalue weighted by Gasteiger charge is -2.23. The molecule has 0 radical (unpaired) electrons. The highest BCUT2D eigenvalue weighted by Gasteiger charge is 2.32. The van der Waals surface area contributed by atoms with Gasteiger partial charge in [0.2, 0.25) is 5.91 Å². The molecule has 5 nitrogen and oxygen atoms in total. The van der Waals surface area contributed by atoms with Gasteiger partial charge in [-0.3, -0.25) is 4.79 Å². The number of aryl methyl sites for hydroxylation is 1. The van der Waals surface area contributed by atoms with E-state index in [0.29, 0.717) is 31.6 Å². The molecule has 2 aromatic rings. The Morgan fingerprint density at radius 2 is 1.71 bits per heavy atom. The van der Waals surface area contributed by atoms with E-state index in [1.54, 1.807) is 0 Å². The minimum Gasteiger partial charge on any atom is -0.370 e. The fourth-order valence-corrected chi connectivity index (χ4v) is 4.85. The summed E-state index contributed by atoms with van der Waals surface area (Å²) in [6.07, 6.45) is -1.82. The Morgan fingerprint density at radius 1 is 1.03 bits per heavy atom. The molecule has 0 saturated carbocycles. The molecule has 0 spiro atoms. The van der Waals surface area contributed by atoms with E-state index in [0.717, 1.165) is 30.5 Å². The van der Waals surface area contributed by atoms with Gasteiger partial charge in [0, 0.05) is 13.1 Å². The third-order valence-electron chi connectivity index (χ3n) is 5.16. The lowest BCUT2D eigenvalue weighted by Crippen LogP contribution is -2.27. The molecule has 1 saturated heterocycles. The molecule has 1 aliphatic rings. The number of nitrogens with zero attached hydrogens (tertiary/aromatic N) is 1. The summed E-state index contributed by atoms with van der Waals surface area (Å²) in [4.78, 5) is 14.3. The van der Waals surface area contributed by atoms with Gasteiger partial charge in [-0.25, -0.2) is 8.42 Å². The van der Waals surface area contributed by atoms with E-state index in [-0.39, 0.29) is 11.4 Å². The molecule has 1 N–H and O–H groups in total. The highest BCUT2D eigenvalue weighted by atomic mass is 32.2. The summed E-state index contributed by atoms with van der Waals surface area (Å²) < 4.78 is 64.1. The first kappa shape index (κ1) is 23.1. The maximum atomic E-state index is 13.1. The number of alkyl halides is 3. The third-order valence-corrected chi connectivity index (χ3v) is 6.77. The van der Waals surface area contributed by atoms with Crippen molar-refractivity contribution in [2.24, 2.45) is 0 Å². The second kappa shape index (κ2) is 9.72. The summed E-state index contributed by atoms with van der Waals surface area (Å²) in [5.74, 6) is -1.77. The van der Waals surface area contributed by atoms with Crippen molar-refractivity contribution in [3.63, 3.8) is 0 Å². The fraction of sp³-hybridized carbons (Fsp3) is 0.409. The van der Waals surface area contributed by atoms with E-state index in [2.05, 4.69) is 5.32 Å². The topological polar surface area (TPSA) is 66.5 Å². The summed E-state index contributed by atoms with van der Waals surface area (Å²) in [6.45, 7) is 1.35. The highest BCUT2D eigenvalue weighted by Crippen LogP contribution is 2.36. The zero-order valence-corrected chi connectivity index (χ0v) is 17.8. The lowest BCUT2D eigenvalue weighted by atomic mass is 10.1. The van der Waals surface area contributed by atoms with Crippen molar-refractivity contribution in [3.8, 4) is 0 Å². The Morgan fingerprint density at radius 3 is 2.35 bits per heavy atom. The Hall–Kier alpha value is -2.55. The van der Waals surface area contributed by atoms with Crippen LogP contribution in [0.1, 0.15) is 30.4 Å². The van der Waals surface area contributed by atoms with Crippen molar-refractivity contribution >= 4 is 27.1 Å². The van der Waals surface area contributed by atoms with Gasteiger partial charge < -0.3 is 10.2 Å². The minimum absolute atomic E-state index is 0.0128. The van der Waals surface area contributed by atoms with Crippen LogP contribution in [0.3, 0.4) is 0 Å². The van der Waals surface area contributed by atoms with E-state index in [1.165, 1.54) is 6.07 Å². The van der Waals surface area contributed by atoms with Crippen LogP contribution in [0.25, 0.3) is 0 Å². The van der Waals surface area contributed by atoms with Crippen molar-refractivity contribution < 1.29 is 26.4 Å². The second-order valence-corrected chi connectivity index (χ2v) is 9.84. The highest BCUT2D eigenvalue weighted by molar-refractivity contribution is 7.92. The number of nitrogens with one attached hydrogen (secondary N) is 1. The van der Waals surface area contributed by atoms with Crippen molar-refractivity contribution in [2.75, 3.05) is 34.8 Å². The van der Waals surface area contributed by atoms with Gasteiger partial charge in [-0.15, -0.1) is 0 Å². The van der Waals surface area contributed by atoms with Gasteiger partial charge in [0.05, 0.1) is 22.7 Å². The van der Waals surface area contributed by atoms with Gasteiger partial charge in [-0.05, 0) is 49.4 Å². The normalized spacial score (nSPS) is 14.6. The standard InChI is InChI=1S/C22H25F3N2O3S/c23-22(24,25)18-10-11-20(27-12-4-5-13-27)19(15-18)26-21(28)16-31(29,30)14-6-9-17-7-2-1-3-8-17/h1-3,7-8,10-11,15H,4-6,9,12-14,16H2,(H,26,28). The number of anilines is 2. The van der Waals surface area contributed by atoms with Crippen LogP contribution in [0, 0.1) is 0 Å². The largest absolute Gasteiger partial charge is 0.416 e. The number of carbonyl (C=O) groups excluding carboxylic acids is 1. The van der Waals surface area contributed by atoms with Crippen molar-refractivity contribution in [3.05, 3.63) is 59.7 Å². The van der Waals surface area contributed by atoms with Gasteiger partial charge in [0.25, 0.3) is 0 Å². The third kappa shape index (κ3) is 6.72. The van der Waals surface area contributed by atoms with E-state index < -0.39 is 33.2 Å². The summed E-state index contributed by atoms with van der Waals surface area (Å²) in [6, 6.07) is 12.6. The van der Waals surface area contributed by atoms with Gasteiger partial charge in [-0.1, -0.05) is 30.3 Å². The van der Waals surface area contributed by atoms with E-state index in [9.17, 15) is 26.4 Å². The molecular formula is C22H25F3N2O3S. The van der Waals surface area contributed by atoms with E-state index >= 15 is 0 Å². The number of sulfone groups is 1. The number of benzene rings is 2. The second-order valence-electron chi connectivity index (χ2n) is 7.65. The zero-order valence-electron chi connectivity index (χ0n) is 17.0. The molecule has 31 heavy (non-hydrogen) atoms. The summed E-state index contributed by atoms with van der Waals surface area (Å²) in [5, 5.41) is 2.40. The summed E-state index contributed by atoms with van der Waals surface area (Å²) >= 11 is 0. The molecule has 0 aliphatic carbocycles. The monoisotopic (exact) mass is 454 g/mol. The number of halogens is 3. The molecule has 2 aromatic carbocycles.